The fraction of sp³-hybridized carbons (Fsp3) is 0.467. The summed E-state index contributed by atoms with van der Waals surface area (Å²) in [6.07, 6.45) is 2.42. The number of fused-ring (bicyclic) bond motifs is 1. The minimum atomic E-state index is -0.0642. The van der Waals surface area contributed by atoms with Gasteiger partial charge in [-0.2, -0.15) is 0 Å². The highest BCUT2D eigenvalue weighted by Gasteiger charge is 2.23. The van der Waals surface area contributed by atoms with Gasteiger partial charge in [0.1, 0.15) is 0 Å². The molecule has 0 bridgehead atoms. The predicted octanol–water partition coefficient (Wildman–Crippen LogP) is 2.58. The third-order valence-electron chi connectivity index (χ3n) is 3.19. The second kappa shape index (κ2) is 6.79. The summed E-state index contributed by atoms with van der Waals surface area (Å²) in [6, 6.07) is 5.82. The molecule has 2 rings (SSSR count). The molecular weight excluding hydrogens is 272 g/mol. The van der Waals surface area contributed by atoms with Gasteiger partial charge in [-0.05, 0) is 31.0 Å². The Morgan fingerprint density at radius 1 is 1.45 bits per heavy atom. The van der Waals surface area contributed by atoms with E-state index in [1.807, 2.05) is 25.1 Å². The molecule has 5 heteroatoms. The van der Waals surface area contributed by atoms with Gasteiger partial charge < -0.3 is 10.6 Å². The average Bonchev–Trinajstić information content (AvgIpc) is 2.41. The van der Waals surface area contributed by atoms with Crippen LogP contribution in [0, 0.1) is 0 Å². The zero-order chi connectivity index (χ0) is 14.5. The van der Waals surface area contributed by atoms with Crippen LogP contribution < -0.4 is 10.6 Å². The van der Waals surface area contributed by atoms with Crippen molar-refractivity contribution in [2.75, 3.05) is 11.9 Å². The minimum Gasteiger partial charge on any atom is -0.356 e. The van der Waals surface area contributed by atoms with Gasteiger partial charge in [0.25, 0.3) is 0 Å². The van der Waals surface area contributed by atoms with Crippen molar-refractivity contribution in [1.29, 1.82) is 0 Å². The van der Waals surface area contributed by atoms with Crippen molar-refractivity contribution in [2.24, 2.45) is 0 Å². The number of carbonyl (C=O) groups excluding carboxylic acids is 2. The molecule has 1 aliphatic rings. The zero-order valence-electron chi connectivity index (χ0n) is 11.9. The maximum absolute atomic E-state index is 11.8. The fourth-order valence-electron chi connectivity index (χ4n) is 2.02. The van der Waals surface area contributed by atoms with Gasteiger partial charge in [0.05, 0.1) is 17.4 Å². The quantitative estimate of drug-likeness (QED) is 0.820. The lowest BCUT2D eigenvalue weighted by Crippen LogP contribution is -2.27. The highest BCUT2D eigenvalue weighted by Crippen LogP contribution is 2.35. The molecule has 0 aromatic heterocycles. The monoisotopic (exact) mass is 292 g/mol. The van der Waals surface area contributed by atoms with E-state index in [2.05, 4.69) is 17.6 Å². The van der Waals surface area contributed by atoms with Crippen molar-refractivity contribution in [2.45, 2.75) is 43.3 Å². The molecule has 0 saturated carbocycles. The molecular formula is C15H20N2O2S. The summed E-state index contributed by atoms with van der Waals surface area (Å²) >= 11 is 1.55. The smallest absolute Gasteiger partial charge is 0.237 e. The number of benzene rings is 1. The fourth-order valence-corrected chi connectivity index (χ4v) is 2.95. The van der Waals surface area contributed by atoms with Gasteiger partial charge in [-0.1, -0.05) is 19.4 Å². The van der Waals surface area contributed by atoms with Gasteiger partial charge >= 0.3 is 0 Å². The number of carbonyl (C=O) groups is 2. The predicted molar refractivity (Wildman–Crippen MR) is 82.0 cm³/mol. The first-order chi connectivity index (χ1) is 9.60. The van der Waals surface area contributed by atoms with Crippen molar-refractivity contribution in [3.8, 4) is 0 Å². The molecule has 1 aromatic carbocycles. The molecule has 2 N–H and O–H groups in total. The number of thioether (sulfide) groups is 1. The first-order valence-corrected chi connectivity index (χ1v) is 7.85. The highest BCUT2D eigenvalue weighted by atomic mass is 32.2. The Kier molecular flexibility index (Phi) is 5.06. The van der Waals surface area contributed by atoms with Gasteiger partial charge in [0.15, 0.2) is 0 Å². The Morgan fingerprint density at radius 2 is 2.25 bits per heavy atom. The molecule has 1 aliphatic heterocycles. The summed E-state index contributed by atoms with van der Waals surface area (Å²) in [6.45, 7) is 4.71. The van der Waals surface area contributed by atoms with E-state index in [4.69, 9.17) is 0 Å². The Labute approximate surface area is 123 Å². The van der Waals surface area contributed by atoms with Crippen LogP contribution in [-0.4, -0.2) is 23.6 Å². The molecule has 1 atom stereocenters. The molecule has 4 nitrogen and oxygen atoms in total. The maximum atomic E-state index is 11.8. The van der Waals surface area contributed by atoms with Crippen molar-refractivity contribution < 1.29 is 9.59 Å². The molecule has 0 saturated heterocycles. The number of rotatable bonds is 5. The number of hydrogen-bond donors (Lipinski definition) is 2. The SMILES string of the molecule is CCCCNC(=O)Cc1ccc2c(c1)NC(=O)C(C)S2. The summed E-state index contributed by atoms with van der Waals surface area (Å²) in [5.74, 6) is 0.0496. The number of unbranched alkanes of at least 4 members (excludes halogenated alkanes) is 1. The van der Waals surface area contributed by atoms with Crippen LogP contribution in [-0.2, 0) is 16.0 Å². The van der Waals surface area contributed by atoms with Crippen LogP contribution in [0.2, 0.25) is 0 Å². The second-order valence-corrected chi connectivity index (χ2v) is 6.34. The zero-order valence-corrected chi connectivity index (χ0v) is 12.7. The topological polar surface area (TPSA) is 58.2 Å². The highest BCUT2D eigenvalue weighted by molar-refractivity contribution is 8.00. The van der Waals surface area contributed by atoms with Gasteiger partial charge in [-0.3, -0.25) is 9.59 Å². The number of hydrogen-bond acceptors (Lipinski definition) is 3. The third-order valence-corrected chi connectivity index (χ3v) is 4.37. The number of anilines is 1. The Balaban J connectivity index is 1.99. The Morgan fingerprint density at radius 3 is 3.00 bits per heavy atom. The van der Waals surface area contributed by atoms with E-state index in [0.717, 1.165) is 35.5 Å². The average molecular weight is 292 g/mol. The molecule has 0 aliphatic carbocycles. The number of nitrogens with one attached hydrogen (secondary N) is 2. The lowest BCUT2D eigenvalue weighted by Gasteiger charge is -2.21. The minimum absolute atomic E-state index is 0.0204. The van der Waals surface area contributed by atoms with Crippen molar-refractivity contribution >= 4 is 29.3 Å². The molecule has 1 heterocycles. The third kappa shape index (κ3) is 3.76. The molecule has 20 heavy (non-hydrogen) atoms. The van der Waals surface area contributed by atoms with E-state index < -0.39 is 0 Å². The first-order valence-electron chi connectivity index (χ1n) is 6.97. The molecule has 0 radical (unpaired) electrons. The van der Waals surface area contributed by atoms with Crippen LogP contribution in [0.4, 0.5) is 5.69 Å². The molecule has 0 fully saturated rings. The standard InChI is InChI=1S/C15H20N2O2S/c1-3-4-7-16-14(18)9-11-5-6-13-12(8-11)17-15(19)10(2)20-13/h5-6,8,10H,3-4,7,9H2,1-2H3,(H,16,18)(H,17,19). The van der Waals surface area contributed by atoms with E-state index in [1.54, 1.807) is 11.8 Å². The second-order valence-electron chi connectivity index (χ2n) is 4.96. The molecule has 1 aromatic rings. The number of amides is 2. The van der Waals surface area contributed by atoms with E-state index in [9.17, 15) is 9.59 Å². The summed E-state index contributed by atoms with van der Waals surface area (Å²) < 4.78 is 0. The van der Waals surface area contributed by atoms with E-state index in [1.165, 1.54) is 0 Å². The van der Waals surface area contributed by atoms with Crippen molar-refractivity contribution in [3.05, 3.63) is 23.8 Å². The Bertz CT molecular complexity index is 517. The van der Waals surface area contributed by atoms with Gasteiger partial charge in [-0.25, -0.2) is 0 Å². The van der Waals surface area contributed by atoms with E-state index in [0.29, 0.717) is 6.42 Å². The van der Waals surface area contributed by atoms with Gasteiger partial charge in [0, 0.05) is 11.4 Å². The summed E-state index contributed by atoms with van der Waals surface area (Å²) in [4.78, 5) is 24.5. The van der Waals surface area contributed by atoms with Crippen LogP contribution in [0.5, 0.6) is 0 Å². The van der Waals surface area contributed by atoms with Crippen LogP contribution >= 0.6 is 11.8 Å². The lowest BCUT2D eigenvalue weighted by atomic mass is 10.1. The lowest BCUT2D eigenvalue weighted by molar-refractivity contribution is -0.120. The van der Waals surface area contributed by atoms with Crippen LogP contribution in [0.15, 0.2) is 23.1 Å². The molecule has 108 valence electrons. The normalized spacial score (nSPS) is 17.3. The molecule has 2 amide bonds. The summed E-state index contributed by atoms with van der Waals surface area (Å²) in [5, 5.41) is 5.72. The van der Waals surface area contributed by atoms with Crippen molar-refractivity contribution in [3.63, 3.8) is 0 Å². The van der Waals surface area contributed by atoms with E-state index in [-0.39, 0.29) is 17.1 Å². The molecule has 0 spiro atoms. The first kappa shape index (κ1) is 14.9. The van der Waals surface area contributed by atoms with Gasteiger partial charge in [0.2, 0.25) is 11.8 Å². The maximum Gasteiger partial charge on any atom is 0.237 e. The summed E-state index contributed by atoms with van der Waals surface area (Å²) in [7, 11) is 0. The van der Waals surface area contributed by atoms with Gasteiger partial charge in [-0.15, -0.1) is 11.8 Å². The van der Waals surface area contributed by atoms with Crippen molar-refractivity contribution in [1.82, 2.24) is 5.32 Å². The van der Waals surface area contributed by atoms with Crippen LogP contribution in [0.25, 0.3) is 0 Å². The Hall–Kier alpha value is -1.49. The summed E-state index contributed by atoms with van der Waals surface area (Å²) in [5.41, 5.74) is 1.74. The van der Waals surface area contributed by atoms with Crippen LogP contribution in [0.1, 0.15) is 32.3 Å². The largest absolute Gasteiger partial charge is 0.356 e. The van der Waals surface area contributed by atoms with Crippen LogP contribution in [0.3, 0.4) is 0 Å². The van der Waals surface area contributed by atoms with E-state index >= 15 is 0 Å². The molecule has 1 unspecified atom stereocenters.